The van der Waals surface area contributed by atoms with E-state index in [4.69, 9.17) is 0 Å². The topological polar surface area (TPSA) is 78.1 Å². The lowest BCUT2D eigenvalue weighted by Crippen LogP contribution is -2.42. The average molecular weight is 345 g/mol. The standard InChI is InChI=1S/C14H20N4O2S.ClH/c1-15-8-11-4-3-7-18(10-11)21(19,20)13-9-17-14-12(13)5-2-6-16-14;/h2,5-6,9,11,15H,3-4,7-8,10H2,1H3,(H,16,17);1H. The van der Waals surface area contributed by atoms with Gasteiger partial charge in [0, 0.05) is 30.9 Å². The van der Waals surface area contributed by atoms with Crippen LogP contribution in [-0.2, 0) is 10.0 Å². The molecular formula is C14H21ClN4O2S. The summed E-state index contributed by atoms with van der Waals surface area (Å²) in [5.74, 6) is 0.377. The Labute approximate surface area is 136 Å². The SMILES string of the molecule is CNCC1CCCN(S(=O)(=O)c2c[nH]c3ncccc23)C1.Cl. The third-order valence-electron chi connectivity index (χ3n) is 4.01. The molecule has 0 aromatic carbocycles. The average Bonchev–Trinajstić information content (AvgIpc) is 2.92. The first-order valence-electron chi connectivity index (χ1n) is 7.20. The summed E-state index contributed by atoms with van der Waals surface area (Å²) >= 11 is 0. The number of rotatable bonds is 4. The molecule has 0 spiro atoms. The van der Waals surface area contributed by atoms with Crippen molar-refractivity contribution in [2.24, 2.45) is 5.92 Å². The third kappa shape index (κ3) is 3.12. The first kappa shape index (κ1) is 17.2. The van der Waals surface area contributed by atoms with Gasteiger partial charge in [-0.1, -0.05) is 0 Å². The molecule has 1 fully saturated rings. The Hall–Kier alpha value is -1.15. The molecule has 122 valence electrons. The van der Waals surface area contributed by atoms with Crippen molar-refractivity contribution >= 4 is 33.5 Å². The van der Waals surface area contributed by atoms with Crippen molar-refractivity contribution in [2.75, 3.05) is 26.7 Å². The number of nitrogens with one attached hydrogen (secondary N) is 2. The minimum absolute atomic E-state index is 0. The summed E-state index contributed by atoms with van der Waals surface area (Å²) in [6.45, 7) is 2.02. The monoisotopic (exact) mass is 344 g/mol. The zero-order valence-corrected chi connectivity index (χ0v) is 14.1. The van der Waals surface area contributed by atoms with Crippen LogP contribution in [-0.4, -0.2) is 49.4 Å². The fourth-order valence-corrected chi connectivity index (χ4v) is 4.69. The van der Waals surface area contributed by atoms with Crippen molar-refractivity contribution in [3.8, 4) is 0 Å². The van der Waals surface area contributed by atoms with E-state index in [2.05, 4.69) is 15.3 Å². The van der Waals surface area contributed by atoms with Crippen molar-refractivity contribution in [2.45, 2.75) is 17.7 Å². The molecule has 1 aliphatic heterocycles. The highest BCUT2D eigenvalue weighted by Gasteiger charge is 2.31. The lowest BCUT2D eigenvalue weighted by Gasteiger charge is -2.31. The highest BCUT2D eigenvalue weighted by Crippen LogP contribution is 2.27. The Morgan fingerprint density at radius 1 is 1.50 bits per heavy atom. The van der Waals surface area contributed by atoms with E-state index in [-0.39, 0.29) is 12.4 Å². The smallest absolute Gasteiger partial charge is 0.245 e. The number of aromatic nitrogens is 2. The maximum Gasteiger partial charge on any atom is 0.245 e. The van der Waals surface area contributed by atoms with Gasteiger partial charge < -0.3 is 10.3 Å². The lowest BCUT2D eigenvalue weighted by molar-refractivity contribution is 0.263. The number of fused-ring (bicyclic) bond motifs is 1. The molecule has 1 unspecified atom stereocenters. The van der Waals surface area contributed by atoms with E-state index in [1.54, 1.807) is 28.8 Å². The normalized spacial score (nSPS) is 20.0. The number of halogens is 1. The summed E-state index contributed by atoms with van der Waals surface area (Å²) in [6, 6.07) is 3.55. The molecule has 8 heteroatoms. The predicted molar refractivity (Wildman–Crippen MR) is 88.8 cm³/mol. The summed E-state index contributed by atoms with van der Waals surface area (Å²) in [5, 5.41) is 3.80. The molecule has 2 aromatic rings. The molecule has 0 aliphatic carbocycles. The highest BCUT2D eigenvalue weighted by molar-refractivity contribution is 7.89. The predicted octanol–water partition coefficient (Wildman–Crippen LogP) is 1.60. The van der Waals surface area contributed by atoms with Gasteiger partial charge in [0.25, 0.3) is 0 Å². The molecule has 22 heavy (non-hydrogen) atoms. The van der Waals surface area contributed by atoms with Gasteiger partial charge in [-0.15, -0.1) is 12.4 Å². The van der Waals surface area contributed by atoms with Gasteiger partial charge in [0.15, 0.2) is 0 Å². The number of aromatic amines is 1. The van der Waals surface area contributed by atoms with Crippen molar-refractivity contribution in [1.29, 1.82) is 0 Å². The second kappa shape index (κ2) is 6.95. The van der Waals surface area contributed by atoms with E-state index in [9.17, 15) is 8.42 Å². The van der Waals surface area contributed by atoms with Crippen LogP contribution in [0.2, 0.25) is 0 Å². The molecule has 6 nitrogen and oxygen atoms in total. The second-order valence-electron chi connectivity index (χ2n) is 5.48. The van der Waals surface area contributed by atoms with Gasteiger partial charge in [0.1, 0.15) is 10.5 Å². The molecule has 0 bridgehead atoms. The minimum Gasteiger partial charge on any atom is -0.345 e. The largest absolute Gasteiger partial charge is 0.345 e. The van der Waals surface area contributed by atoms with Crippen LogP contribution in [0.15, 0.2) is 29.4 Å². The first-order chi connectivity index (χ1) is 10.1. The number of hydrogen-bond acceptors (Lipinski definition) is 4. The number of H-pyrrole nitrogens is 1. The molecule has 0 saturated carbocycles. The van der Waals surface area contributed by atoms with Crippen molar-refractivity contribution < 1.29 is 8.42 Å². The van der Waals surface area contributed by atoms with E-state index in [0.29, 0.717) is 34.9 Å². The van der Waals surface area contributed by atoms with E-state index in [0.717, 1.165) is 19.4 Å². The molecule has 1 atom stereocenters. The number of piperidine rings is 1. The van der Waals surface area contributed by atoms with Gasteiger partial charge in [-0.2, -0.15) is 4.31 Å². The Bertz CT molecular complexity index is 729. The summed E-state index contributed by atoms with van der Waals surface area (Å²) < 4.78 is 27.3. The quantitative estimate of drug-likeness (QED) is 0.883. The van der Waals surface area contributed by atoms with E-state index in [1.807, 2.05) is 7.05 Å². The van der Waals surface area contributed by atoms with Gasteiger partial charge >= 0.3 is 0 Å². The van der Waals surface area contributed by atoms with Gasteiger partial charge in [-0.25, -0.2) is 13.4 Å². The van der Waals surface area contributed by atoms with Gasteiger partial charge in [-0.05, 0) is 44.5 Å². The molecule has 2 aromatic heterocycles. The Morgan fingerprint density at radius 2 is 2.32 bits per heavy atom. The van der Waals surface area contributed by atoms with E-state index in [1.165, 1.54) is 0 Å². The van der Waals surface area contributed by atoms with Crippen molar-refractivity contribution in [1.82, 2.24) is 19.6 Å². The number of nitrogens with zero attached hydrogens (tertiary/aromatic N) is 2. The molecule has 3 heterocycles. The van der Waals surface area contributed by atoms with Crippen LogP contribution in [0.25, 0.3) is 11.0 Å². The molecule has 0 radical (unpaired) electrons. The molecule has 1 saturated heterocycles. The fourth-order valence-electron chi connectivity index (χ4n) is 2.98. The summed E-state index contributed by atoms with van der Waals surface area (Å²) in [5.41, 5.74) is 0.611. The van der Waals surface area contributed by atoms with Gasteiger partial charge in [-0.3, -0.25) is 0 Å². The van der Waals surface area contributed by atoms with Crippen LogP contribution < -0.4 is 5.32 Å². The van der Waals surface area contributed by atoms with Crippen molar-refractivity contribution in [3.05, 3.63) is 24.5 Å². The van der Waals surface area contributed by atoms with Gasteiger partial charge in [0.05, 0.1) is 0 Å². The Morgan fingerprint density at radius 3 is 3.09 bits per heavy atom. The molecule has 1 aliphatic rings. The van der Waals surface area contributed by atoms with E-state index >= 15 is 0 Å². The van der Waals surface area contributed by atoms with Crippen LogP contribution >= 0.6 is 12.4 Å². The summed E-state index contributed by atoms with van der Waals surface area (Å²) in [4.78, 5) is 7.43. The fraction of sp³-hybridized carbons (Fsp3) is 0.500. The summed E-state index contributed by atoms with van der Waals surface area (Å²) in [7, 11) is -1.56. The molecular weight excluding hydrogens is 324 g/mol. The summed E-state index contributed by atoms with van der Waals surface area (Å²) in [6.07, 6.45) is 5.18. The first-order valence-corrected chi connectivity index (χ1v) is 8.64. The zero-order valence-electron chi connectivity index (χ0n) is 12.4. The van der Waals surface area contributed by atoms with E-state index < -0.39 is 10.0 Å². The van der Waals surface area contributed by atoms with Crippen LogP contribution in [0, 0.1) is 5.92 Å². The molecule has 0 amide bonds. The Kier molecular flexibility index (Phi) is 5.44. The maximum absolute atomic E-state index is 12.9. The molecule has 3 rings (SSSR count). The van der Waals surface area contributed by atoms with Gasteiger partial charge in [0.2, 0.25) is 10.0 Å². The van der Waals surface area contributed by atoms with Crippen LogP contribution in [0.3, 0.4) is 0 Å². The third-order valence-corrected chi connectivity index (χ3v) is 5.91. The van der Waals surface area contributed by atoms with Crippen LogP contribution in [0.4, 0.5) is 0 Å². The Balaban J connectivity index is 0.00000176. The second-order valence-corrected chi connectivity index (χ2v) is 7.39. The van der Waals surface area contributed by atoms with Crippen LogP contribution in [0.5, 0.6) is 0 Å². The lowest BCUT2D eigenvalue weighted by atomic mass is 10.00. The number of hydrogen-bond donors (Lipinski definition) is 2. The number of pyridine rings is 1. The van der Waals surface area contributed by atoms with Crippen LogP contribution in [0.1, 0.15) is 12.8 Å². The minimum atomic E-state index is -3.46. The number of sulfonamides is 1. The highest BCUT2D eigenvalue weighted by atomic mass is 35.5. The molecule has 2 N–H and O–H groups in total. The maximum atomic E-state index is 12.9. The van der Waals surface area contributed by atoms with Crippen molar-refractivity contribution in [3.63, 3.8) is 0 Å². The zero-order chi connectivity index (χ0) is 14.9.